The zero-order valence-electron chi connectivity index (χ0n) is 10.1. The maximum Gasteiger partial charge on any atom is 0.0682 e. The highest BCUT2D eigenvalue weighted by Gasteiger charge is 2.15. The third-order valence-corrected chi connectivity index (χ3v) is 2.68. The normalized spacial score (nSPS) is 11.7. The van der Waals surface area contributed by atoms with Crippen molar-refractivity contribution in [2.45, 2.75) is 46.5 Å². The lowest BCUT2D eigenvalue weighted by molar-refractivity contribution is 0.630. The van der Waals surface area contributed by atoms with Crippen LogP contribution in [0.4, 0.5) is 0 Å². The molecule has 15 heavy (non-hydrogen) atoms. The zero-order valence-corrected chi connectivity index (χ0v) is 10.9. The monoisotopic (exact) mass is 228 g/mol. The fraction of sp³-hybridized carbons (Fsp3) is 0.750. The molecule has 2 nitrogen and oxygen atoms in total. The molecule has 1 N–H and O–H groups in total. The Morgan fingerprint density at radius 2 is 1.93 bits per heavy atom. The molecule has 0 radical (unpaired) electrons. The molecule has 1 aromatic heterocycles. The summed E-state index contributed by atoms with van der Waals surface area (Å²) in [5, 5.41) is 7.57. The SMILES string of the molecule is CC(C)Cc1[nH]nc(C(C)C)c1CCCl. The molecule has 0 aliphatic heterocycles. The summed E-state index contributed by atoms with van der Waals surface area (Å²) < 4.78 is 0. The van der Waals surface area contributed by atoms with Gasteiger partial charge in [-0.1, -0.05) is 27.7 Å². The van der Waals surface area contributed by atoms with Crippen LogP contribution in [0.5, 0.6) is 0 Å². The second kappa shape index (κ2) is 5.55. The summed E-state index contributed by atoms with van der Waals surface area (Å²) in [7, 11) is 0. The first kappa shape index (κ1) is 12.6. The number of hydrogen-bond acceptors (Lipinski definition) is 1. The van der Waals surface area contributed by atoms with Crippen molar-refractivity contribution in [1.29, 1.82) is 0 Å². The van der Waals surface area contributed by atoms with Crippen molar-refractivity contribution in [2.75, 3.05) is 5.88 Å². The molecule has 0 aliphatic rings. The molecule has 0 spiro atoms. The van der Waals surface area contributed by atoms with Crippen molar-refractivity contribution in [2.24, 2.45) is 5.92 Å². The first-order chi connectivity index (χ1) is 7.06. The molecule has 0 fully saturated rings. The minimum atomic E-state index is 0.473. The van der Waals surface area contributed by atoms with Crippen LogP contribution in [0, 0.1) is 5.92 Å². The summed E-state index contributed by atoms with van der Waals surface area (Å²) in [6, 6.07) is 0. The van der Waals surface area contributed by atoms with Gasteiger partial charge in [0, 0.05) is 11.6 Å². The Morgan fingerprint density at radius 1 is 1.27 bits per heavy atom. The van der Waals surface area contributed by atoms with Gasteiger partial charge in [0.05, 0.1) is 5.69 Å². The lowest BCUT2D eigenvalue weighted by atomic mass is 9.98. The molecule has 0 aliphatic carbocycles. The number of nitrogens with zero attached hydrogens (tertiary/aromatic N) is 1. The summed E-state index contributed by atoms with van der Waals surface area (Å²) in [6.45, 7) is 8.79. The molecular formula is C12H21ClN2. The van der Waals surface area contributed by atoms with Gasteiger partial charge in [0.15, 0.2) is 0 Å². The van der Waals surface area contributed by atoms with Gasteiger partial charge in [-0.3, -0.25) is 5.10 Å². The van der Waals surface area contributed by atoms with Crippen molar-refractivity contribution >= 4 is 11.6 Å². The van der Waals surface area contributed by atoms with Crippen LogP contribution in [0.25, 0.3) is 0 Å². The lowest BCUT2D eigenvalue weighted by Crippen LogP contribution is -2.01. The van der Waals surface area contributed by atoms with E-state index in [9.17, 15) is 0 Å². The number of alkyl halides is 1. The van der Waals surface area contributed by atoms with Crippen LogP contribution in [0.1, 0.15) is 50.6 Å². The summed E-state index contributed by atoms with van der Waals surface area (Å²) in [6.07, 6.45) is 1.99. The Balaban J connectivity index is 2.95. The average Bonchev–Trinajstić information content (AvgIpc) is 2.48. The molecule has 86 valence electrons. The highest BCUT2D eigenvalue weighted by molar-refractivity contribution is 6.18. The quantitative estimate of drug-likeness (QED) is 0.768. The van der Waals surface area contributed by atoms with Crippen molar-refractivity contribution in [3.05, 3.63) is 17.0 Å². The number of hydrogen-bond donors (Lipinski definition) is 1. The van der Waals surface area contributed by atoms with Crippen LogP contribution in [-0.2, 0) is 12.8 Å². The minimum absolute atomic E-state index is 0.473. The van der Waals surface area contributed by atoms with E-state index in [1.54, 1.807) is 0 Å². The van der Waals surface area contributed by atoms with Crippen molar-refractivity contribution in [3.8, 4) is 0 Å². The van der Waals surface area contributed by atoms with E-state index in [0.717, 1.165) is 12.8 Å². The van der Waals surface area contributed by atoms with Gasteiger partial charge >= 0.3 is 0 Å². The number of rotatable bonds is 5. The second-order valence-corrected chi connectivity index (χ2v) is 5.14. The molecule has 1 rings (SSSR count). The van der Waals surface area contributed by atoms with Crippen LogP contribution in [-0.4, -0.2) is 16.1 Å². The van der Waals surface area contributed by atoms with Gasteiger partial charge in [-0.05, 0) is 30.2 Å². The molecule has 1 heterocycles. The molecule has 0 atom stereocenters. The Bertz CT molecular complexity index is 303. The highest BCUT2D eigenvalue weighted by Crippen LogP contribution is 2.22. The number of nitrogens with one attached hydrogen (secondary N) is 1. The van der Waals surface area contributed by atoms with E-state index in [-0.39, 0.29) is 0 Å². The number of H-pyrrole nitrogens is 1. The Morgan fingerprint density at radius 3 is 2.40 bits per heavy atom. The van der Waals surface area contributed by atoms with Crippen molar-refractivity contribution in [1.82, 2.24) is 10.2 Å². The summed E-state index contributed by atoms with van der Waals surface area (Å²) in [5.41, 5.74) is 3.80. The summed E-state index contributed by atoms with van der Waals surface area (Å²) in [4.78, 5) is 0. The van der Waals surface area contributed by atoms with Gasteiger partial charge in [-0.25, -0.2) is 0 Å². The topological polar surface area (TPSA) is 28.7 Å². The largest absolute Gasteiger partial charge is 0.282 e. The highest BCUT2D eigenvalue weighted by atomic mass is 35.5. The average molecular weight is 229 g/mol. The number of aromatic nitrogens is 2. The van der Waals surface area contributed by atoms with Gasteiger partial charge in [-0.15, -0.1) is 11.6 Å². The van der Waals surface area contributed by atoms with Crippen LogP contribution >= 0.6 is 11.6 Å². The fourth-order valence-corrected chi connectivity index (χ4v) is 2.03. The van der Waals surface area contributed by atoms with Gasteiger partial charge in [0.1, 0.15) is 0 Å². The van der Waals surface area contributed by atoms with E-state index in [2.05, 4.69) is 37.9 Å². The fourth-order valence-electron chi connectivity index (χ4n) is 1.85. The van der Waals surface area contributed by atoms with E-state index >= 15 is 0 Å². The maximum absolute atomic E-state index is 5.84. The van der Waals surface area contributed by atoms with E-state index < -0.39 is 0 Å². The third-order valence-electron chi connectivity index (χ3n) is 2.49. The molecular weight excluding hydrogens is 208 g/mol. The Kier molecular flexibility index (Phi) is 4.65. The summed E-state index contributed by atoms with van der Waals surface area (Å²) in [5.74, 6) is 1.80. The van der Waals surface area contributed by atoms with E-state index in [0.29, 0.717) is 17.7 Å². The van der Waals surface area contributed by atoms with Gasteiger partial charge in [0.25, 0.3) is 0 Å². The number of aromatic amines is 1. The predicted octanol–water partition coefficient (Wildman–Crippen LogP) is 3.51. The van der Waals surface area contributed by atoms with E-state index in [4.69, 9.17) is 11.6 Å². The summed E-state index contributed by atoms with van der Waals surface area (Å²) >= 11 is 5.84. The van der Waals surface area contributed by atoms with Gasteiger partial charge in [0.2, 0.25) is 0 Å². The molecule has 0 unspecified atom stereocenters. The van der Waals surface area contributed by atoms with Crippen molar-refractivity contribution < 1.29 is 0 Å². The molecule has 0 saturated carbocycles. The van der Waals surface area contributed by atoms with Crippen LogP contribution < -0.4 is 0 Å². The predicted molar refractivity (Wildman–Crippen MR) is 65.6 cm³/mol. The van der Waals surface area contributed by atoms with E-state index in [1.807, 2.05) is 0 Å². The Labute approximate surface area is 97.4 Å². The van der Waals surface area contributed by atoms with Crippen LogP contribution in [0.15, 0.2) is 0 Å². The molecule has 1 aromatic rings. The van der Waals surface area contributed by atoms with Crippen molar-refractivity contribution in [3.63, 3.8) is 0 Å². The molecule has 0 aromatic carbocycles. The second-order valence-electron chi connectivity index (χ2n) is 4.76. The third kappa shape index (κ3) is 3.23. The molecule has 0 saturated heterocycles. The number of halogens is 1. The van der Waals surface area contributed by atoms with Gasteiger partial charge < -0.3 is 0 Å². The first-order valence-electron chi connectivity index (χ1n) is 5.68. The van der Waals surface area contributed by atoms with Crippen LogP contribution in [0.2, 0.25) is 0 Å². The Hall–Kier alpha value is -0.500. The minimum Gasteiger partial charge on any atom is -0.282 e. The smallest absolute Gasteiger partial charge is 0.0682 e. The molecule has 0 bridgehead atoms. The maximum atomic E-state index is 5.84. The molecule has 0 amide bonds. The van der Waals surface area contributed by atoms with Crippen LogP contribution in [0.3, 0.4) is 0 Å². The molecule has 3 heteroatoms. The lowest BCUT2D eigenvalue weighted by Gasteiger charge is -2.08. The van der Waals surface area contributed by atoms with Gasteiger partial charge in [-0.2, -0.15) is 5.10 Å². The van der Waals surface area contributed by atoms with E-state index in [1.165, 1.54) is 17.0 Å². The first-order valence-corrected chi connectivity index (χ1v) is 6.21. The standard InChI is InChI=1S/C12H21ClN2/c1-8(2)7-11-10(5-6-13)12(9(3)4)15-14-11/h8-9H,5-7H2,1-4H3,(H,14,15). The zero-order chi connectivity index (χ0) is 11.4.